The van der Waals surface area contributed by atoms with Crippen LogP contribution in [0.3, 0.4) is 0 Å². The van der Waals surface area contributed by atoms with E-state index >= 15 is 0 Å². The fourth-order valence-corrected chi connectivity index (χ4v) is 3.50. The van der Waals surface area contributed by atoms with E-state index in [1.54, 1.807) is 19.1 Å². The van der Waals surface area contributed by atoms with E-state index in [9.17, 15) is 9.18 Å². The Morgan fingerprint density at radius 1 is 1.04 bits per heavy atom. The molecule has 0 saturated carbocycles. The van der Waals surface area contributed by atoms with Crippen LogP contribution in [0.1, 0.15) is 13.8 Å². The summed E-state index contributed by atoms with van der Waals surface area (Å²) in [5.41, 5.74) is 2.97. The molecule has 0 aliphatic carbocycles. The molecule has 0 radical (unpaired) electrons. The van der Waals surface area contributed by atoms with E-state index in [4.69, 9.17) is 4.74 Å². The monoisotopic (exact) mass is 376 g/mol. The number of hydrogen-bond acceptors (Lipinski definition) is 2. The maximum atomic E-state index is 13.7. The maximum absolute atomic E-state index is 13.7. The maximum Gasteiger partial charge on any atom is 0.265 e. The Hall–Kier alpha value is -3.34. The van der Waals surface area contributed by atoms with Crippen LogP contribution in [0.4, 0.5) is 10.1 Å². The van der Waals surface area contributed by atoms with Crippen molar-refractivity contribution in [3.63, 3.8) is 0 Å². The summed E-state index contributed by atoms with van der Waals surface area (Å²) in [6, 6.07) is 20.1. The first kappa shape index (κ1) is 18.0. The summed E-state index contributed by atoms with van der Waals surface area (Å²) in [6.07, 6.45) is -0.829. The van der Waals surface area contributed by atoms with Gasteiger partial charge in [-0.15, -0.1) is 0 Å². The van der Waals surface area contributed by atoms with Gasteiger partial charge in [-0.05, 0) is 50.2 Å². The SMILES string of the molecule is CCn1c2ccccc2c2cc(NC(=O)[C@H](C)Oc3ccccc3F)ccc21. The number of amides is 1. The van der Waals surface area contributed by atoms with Gasteiger partial charge in [0.2, 0.25) is 0 Å². The van der Waals surface area contributed by atoms with Crippen molar-refractivity contribution < 1.29 is 13.9 Å². The number of aromatic nitrogens is 1. The van der Waals surface area contributed by atoms with E-state index in [1.165, 1.54) is 17.6 Å². The van der Waals surface area contributed by atoms with E-state index < -0.39 is 11.9 Å². The van der Waals surface area contributed by atoms with Gasteiger partial charge in [-0.2, -0.15) is 0 Å². The van der Waals surface area contributed by atoms with Crippen molar-refractivity contribution in [2.45, 2.75) is 26.5 Å². The van der Waals surface area contributed by atoms with E-state index in [0.29, 0.717) is 5.69 Å². The molecule has 1 N–H and O–H groups in total. The number of anilines is 1. The Labute approximate surface area is 162 Å². The summed E-state index contributed by atoms with van der Waals surface area (Å²) in [5, 5.41) is 5.10. The number of benzene rings is 3. The number of ether oxygens (including phenoxy) is 1. The van der Waals surface area contributed by atoms with Gasteiger partial charge in [0.25, 0.3) is 5.91 Å². The number of fused-ring (bicyclic) bond motifs is 3. The normalized spacial score (nSPS) is 12.2. The predicted octanol–water partition coefficient (Wildman–Crippen LogP) is 5.36. The van der Waals surface area contributed by atoms with Crippen LogP contribution in [0.2, 0.25) is 0 Å². The molecule has 4 aromatic rings. The highest BCUT2D eigenvalue weighted by molar-refractivity contribution is 6.10. The van der Waals surface area contributed by atoms with E-state index in [0.717, 1.165) is 22.8 Å². The minimum absolute atomic E-state index is 0.0617. The van der Waals surface area contributed by atoms with Gasteiger partial charge in [-0.25, -0.2) is 4.39 Å². The highest BCUT2D eigenvalue weighted by Crippen LogP contribution is 2.31. The second-order valence-corrected chi connectivity index (χ2v) is 6.67. The molecular weight excluding hydrogens is 355 g/mol. The van der Waals surface area contributed by atoms with Crippen LogP contribution < -0.4 is 10.1 Å². The van der Waals surface area contributed by atoms with Crippen LogP contribution in [0.25, 0.3) is 21.8 Å². The van der Waals surface area contributed by atoms with Crippen molar-refractivity contribution in [2.75, 3.05) is 5.32 Å². The number of rotatable bonds is 5. The Morgan fingerprint density at radius 2 is 1.75 bits per heavy atom. The first-order valence-electron chi connectivity index (χ1n) is 9.31. The van der Waals surface area contributed by atoms with Crippen molar-refractivity contribution in [3.8, 4) is 5.75 Å². The van der Waals surface area contributed by atoms with Crippen molar-refractivity contribution in [1.29, 1.82) is 0 Å². The summed E-state index contributed by atoms with van der Waals surface area (Å²) in [7, 11) is 0. The second kappa shape index (κ2) is 7.35. The fourth-order valence-electron chi connectivity index (χ4n) is 3.50. The zero-order valence-electron chi connectivity index (χ0n) is 15.8. The number of nitrogens with one attached hydrogen (secondary N) is 1. The summed E-state index contributed by atoms with van der Waals surface area (Å²) < 4.78 is 21.5. The molecule has 5 heteroatoms. The van der Waals surface area contributed by atoms with Crippen LogP contribution >= 0.6 is 0 Å². The van der Waals surface area contributed by atoms with E-state index in [1.807, 2.05) is 30.3 Å². The highest BCUT2D eigenvalue weighted by Gasteiger charge is 2.17. The fraction of sp³-hybridized carbons (Fsp3) is 0.174. The lowest BCUT2D eigenvalue weighted by Gasteiger charge is -2.15. The molecule has 0 unspecified atom stereocenters. The van der Waals surface area contributed by atoms with Gasteiger partial charge in [0.05, 0.1) is 0 Å². The first-order valence-corrected chi connectivity index (χ1v) is 9.31. The summed E-state index contributed by atoms with van der Waals surface area (Å²) in [5.74, 6) is -0.760. The van der Waals surface area contributed by atoms with E-state index in [-0.39, 0.29) is 11.7 Å². The molecule has 1 aromatic heterocycles. The summed E-state index contributed by atoms with van der Waals surface area (Å²) >= 11 is 0. The topological polar surface area (TPSA) is 43.3 Å². The standard InChI is InChI=1S/C23H21FN2O2/c1-3-26-20-10-6-4-8-17(20)18-14-16(12-13-21(18)26)25-23(27)15(2)28-22-11-7-5-9-19(22)24/h4-15H,3H2,1-2H3,(H,25,27)/t15-/m0/s1. The number of nitrogens with zero attached hydrogens (tertiary/aromatic N) is 1. The number of carbonyl (C=O) groups excluding carboxylic acids is 1. The molecule has 0 fully saturated rings. The van der Waals surface area contributed by atoms with Gasteiger partial charge in [0, 0.05) is 34.0 Å². The quantitative estimate of drug-likeness (QED) is 0.510. The Balaban J connectivity index is 1.60. The molecule has 4 nitrogen and oxygen atoms in total. The smallest absolute Gasteiger partial charge is 0.265 e. The van der Waals surface area contributed by atoms with Crippen LogP contribution in [0, 0.1) is 5.82 Å². The zero-order chi connectivity index (χ0) is 19.7. The Bertz CT molecular complexity index is 1170. The lowest BCUT2D eigenvalue weighted by molar-refractivity contribution is -0.122. The van der Waals surface area contributed by atoms with Crippen LogP contribution in [0.15, 0.2) is 66.7 Å². The van der Waals surface area contributed by atoms with Gasteiger partial charge in [0.1, 0.15) is 0 Å². The number of carbonyl (C=O) groups is 1. The van der Waals surface area contributed by atoms with Crippen molar-refractivity contribution in [3.05, 3.63) is 72.5 Å². The molecule has 1 atom stereocenters. The zero-order valence-corrected chi connectivity index (χ0v) is 15.8. The van der Waals surface area contributed by atoms with Crippen LogP contribution in [-0.4, -0.2) is 16.6 Å². The minimum Gasteiger partial charge on any atom is -0.478 e. The first-order chi connectivity index (χ1) is 13.6. The molecule has 0 aliphatic rings. The van der Waals surface area contributed by atoms with E-state index in [2.05, 4.69) is 28.9 Å². The third-order valence-electron chi connectivity index (χ3n) is 4.87. The Morgan fingerprint density at radius 3 is 2.54 bits per heavy atom. The third-order valence-corrected chi connectivity index (χ3v) is 4.87. The van der Waals surface area contributed by atoms with Crippen molar-refractivity contribution >= 4 is 33.4 Å². The van der Waals surface area contributed by atoms with Gasteiger partial charge >= 0.3 is 0 Å². The third kappa shape index (κ3) is 3.20. The minimum atomic E-state index is -0.829. The molecule has 1 heterocycles. The van der Waals surface area contributed by atoms with Crippen molar-refractivity contribution in [2.24, 2.45) is 0 Å². The number of para-hydroxylation sites is 2. The second-order valence-electron chi connectivity index (χ2n) is 6.67. The molecular formula is C23H21FN2O2. The molecule has 0 bridgehead atoms. The molecule has 0 saturated heterocycles. The summed E-state index contributed by atoms with van der Waals surface area (Å²) in [6.45, 7) is 4.58. The number of hydrogen-bond donors (Lipinski definition) is 1. The molecule has 4 rings (SSSR count). The molecule has 28 heavy (non-hydrogen) atoms. The average Bonchev–Trinajstić information content (AvgIpc) is 3.02. The van der Waals surface area contributed by atoms with Crippen LogP contribution in [0.5, 0.6) is 5.75 Å². The molecule has 0 aliphatic heterocycles. The summed E-state index contributed by atoms with van der Waals surface area (Å²) in [4.78, 5) is 12.5. The highest BCUT2D eigenvalue weighted by atomic mass is 19.1. The Kier molecular flexibility index (Phi) is 4.74. The average molecular weight is 376 g/mol. The van der Waals surface area contributed by atoms with Gasteiger partial charge in [-0.3, -0.25) is 4.79 Å². The van der Waals surface area contributed by atoms with Gasteiger partial charge in [0.15, 0.2) is 17.7 Å². The van der Waals surface area contributed by atoms with Gasteiger partial charge in [-0.1, -0.05) is 30.3 Å². The largest absolute Gasteiger partial charge is 0.478 e. The molecule has 3 aromatic carbocycles. The predicted molar refractivity (Wildman–Crippen MR) is 110 cm³/mol. The van der Waals surface area contributed by atoms with Crippen LogP contribution in [-0.2, 0) is 11.3 Å². The van der Waals surface area contributed by atoms with Gasteiger partial charge < -0.3 is 14.6 Å². The molecule has 0 spiro atoms. The lowest BCUT2D eigenvalue weighted by atomic mass is 10.1. The lowest BCUT2D eigenvalue weighted by Crippen LogP contribution is -2.30. The van der Waals surface area contributed by atoms with Crippen molar-refractivity contribution in [1.82, 2.24) is 4.57 Å². The molecule has 1 amide bonds. The molecule has 142 valence electrons. The number of halogens is 1. The number of aryl methyl sites for hydroxylation is 1.